The largest absolute Gasteiger partial charge is 0.493 e. The van der Waals surface area contributed by atoms with Crippen LogP contribution in [-0.4, -0.2) is 40.5 Å². The summed E-state index contributed by atoms with van der Waals surface area (Å²) in [4.78, 5) is 24.2. The third kappa shape index (κ3) is 5.18. The van der Waals surface area contributed by atoms with E-state index in [1.54, 1.807) is 17.5 Å². The molecule has 11 heteroatoms. The lowest BCUT2D eigenvalue weighted by Crippen LogP contribution is -2.50. The van der Waals surface area contributed by atoms with Crippen LogP contribution in [0.4, 0.5) is 0 Å². The van der Waals surface area contributed by atoms with Crippen molar-refractivity contribution in [3.8, 4) is 11.5 Å². The molecule has 0 aliphatic heterocycles. The summed E-state index contributed by atoms with van der Waals surface area (Å²) in [6.45, 7) is 1.36. The Morgan fingerprint density at radius 2 is 1.78 bits per heavy atom. The third-order valence-corrected chi connectivity index (χ3v) is 6.37. The minimum atomic E-state index is -3.80. The maximum Gasteiger partial charge on any atom is 0.269 e. The minimum Gasteiger partial charge on any atom is -0.493 e. The molecule has 2 aromatic rings. The lowest BCUT2D eigenvalue weighted by atomic mass is 10.2. The van der Waals surface area contributed by atoms with Crippen LogP contribution in [0.15, 0.2) is 39.9 Å². The van der Waals surface area contributed by atoms with Gasteiger partial charge in [-0.2, -0.15) is 4.72 Å². The van der Waals surface area contributed by atoms with Gasteiger partial charge in [-0.15, -0.1) is 11.3 Å². The van der Waals surface area contributed by atoms with Gasteiger partial charge in [0.15, 0.2) is 11.5 Å². The number of hydrogen-bond donors (Lipinski definition) is 3. The van der Waals surface area contributed by atoms with E-state index in [1.807, 2.05) is 0 Å². The summed E-state index contributed by atoms with van der Waals surface area (Å²) < 4.78 is 36.7. The fraction of sp³-hybridized carbons (Fsp3) is 0.250. The monoisotopic (exact) mass is 413 g/mol. The Balaban J connectivity index is 1.95. The topological polar surface area (TPSA) is 123 Å². The smallest absolute Gasteiger partial charge is 0.269 e. The molecular weight excluding hydrogens is 394 g/mol. The Labute approximate surface area is 160 Å². The van der Waals surface area contributed by atoms with Gasteiger partial charge < -0.3 is 9.47 Å². The molecular formula is C16H19N3O6S2. The molecule has 0 radical (unpaired) electrons. The Kier molecular flexibility index (Phi) is 6.77. The van der Waals surface area contributed by atoms with E-state index in [2.05, 4.69) is 15.6 Å². The molecule has 0 saturated heterocycles. The maximum absolute atomic E-state index is 12.2. The van der Waals surface area contributed by atoms with Crippen LogP contribution in [0.2, 0.25) is 0 Å². The first kappa shape index (κ1) is 20.7. The molecule has 0 saturated carbocycles. The van der Waals surface area contributed by atoms with Gasteiger partial charge in [0.05, 0.1) is 20.3 Å². The SMILES string of the molecule is COc1ccc(C(=O)NNC(=O)C(C)NS(=O)(=O)c2cccs2)cc1OC. The predicted octanol–water partition coefficient (Wildman–Crippen LogP) is 0.893. The molecule has 27 heavy (non-hydrogen) atoms. The summed E-state index contributed by atoms with van der Waals surface area (Å²) in [5, 5.41) is 1.61. The second kappa shape index (κ2) is 8.84. The molecule has 9 nitrogen and oxygen atoms in total. The molecule has 3 N–H and O–H groups in total. The van der Waals surface area contributed by atoms with Crippen LogP contribution in [-0.2, 0) is 14.8 Å². The van der Waals surface area contributed by atoms with Crippen LogP contribution in [0.5, 0.6) is 11.5 Å². The zero-order valence-corrected chi connectivity index (χ0v) is 16.4. The standard InChI is InChI=1S/C16H19N3O6S2/c1-10(19-27(22,23)14-5-4-8-26-14)15(20)17-18-16(21)11-6-7-12(24-2)13(9-11)25-3/h4-10,19H,1-3H3,(H,17,20)(H,18,21). The summed E-state index contributed by atoms with van der Waals surface area (Å²) in [5.41, 5.74) is 4.62. The van der Waals surface area contributed by atoms with Gasteiger partial charge in [0.1, 0.15) is 4.21 Å². The van der Waals surface area contributed by atoms with E-state index in [-0.39, 0.29) is 9.77 Å². The first-order valence-corrected chi connectivity index (χ1v) is 10.0. The van der Waals surface area contributed by atoms with Gasteiger partial charge in [0.2, 0.25) is 0 Å². The lowest BCUT2D eigenvalue weighted by Gasteiger charge is -2.14. The lowest BCUT2D eigenvalue weighted by molar-refractivity contribution is -0.123. The normalized spacial score (nSPS) is 12.1. The van der Waals surface area contributed by atoms with Crippen molar-refractivity contribution in [1.29, 1.82) is 0 Å². The highest BCUT2D eigenvalue weighted by Gasteiger charge is 2.23. The number of benzene rings is 1. The number of hydrogen-bond acceptors (Lipinski definition) is 7. The number of carbonyl (C=O) groups is 2. The molecule has 1 heterocycles. The summed E-state index contributed by atoms with van der Waals surface area (Å²) in [5.74, 6) is -0.509. The third-order valence-electron chi connectivity index (χ3n) is 3.43. The van der Waals surface area contributed by atoms with Crippen molar-refractivity contribution in [2.45, 2.75) is 17.2 Å². The maximum atomic E-state index is 12.2. The van der Waals surface area contributed by atoms with Gasteiger partial charge in [0, 0.05) is 5.56 Å². The van der Waals surface area contributed by atoms with Gasteiger partial charge in [-0.25, -0.2) is 8.42 Å². The Morgan fingerprint density at radius 3 is 2.37 bits per heavy atom. The van der Waals surface area contributed by atoms with Crippen LogP contribution in [0.25, 0.3) is 0 Å². The molecule has 1 aromatic carbocycles. The van der Waals surface area contributed by atoms with Gasteiger partial charge in [-0.1, -0.05) is 6.07 Å². The van der Waals surface area contributed by atoms with Crippen LogP contribution < -0.4 is 25.0 Å². The highest BCUT2D eigenvalue weighted by molar-refractivity contribution is 7.91. The van der Waals surface area contributed by atoms with E-state index in [4.69, 9.17) is 9.47 Å². The first-order valence-electron chi connectivity index (χ1n) is 7.66. The number of sulfonamides is 1. The van der Waals surface area contributed by atoms with E-state index in [9.17, 15) is 18.0 Å². The molecule has 2 amide bonds. The fourth-order valence-corrected chi connectivity index (χ4v) is 4.25. The molecule has 0 aliphatic rings. The van der Waals surface area contributed by atoms with Crippen molar-refractivity contribution in [2.24, 2.45) is 0 Å². The number of thiophene rings is 1. The minimum absolute atomic E-state index is 0.0940. The molecule has 0 spiro atoms. The predicted molar refractivity (Wildman–Crippen MR) is 99.3 cm³/mol. The van der Waals surface area contributed by atoms with E-state index < -0.39 is 27.9 Å². The molecule has 0 aliphatic carbocycles. The number of rotatable bonds is 7. The Hall–Kier alpha value is -2.63. The van der Waals surface area contributed by atoms with Crippen molar-refractivity contribution in [1.82, 2.24) is 15.6 Å². The average molecular weight is 413 g/mol. The number of carbonyl (C=O) groups excluding carboxylic acids is 2. The molecule has 1 unspecified atom stereocenters. The Bertz CT molecular complexity index is 912. The second-order valence-corrected chi connectivity index (χ2v) is 8.18. The first-order chi connectivity index (χ1) is 12.8. The van der Waals surface area contributed by atoms with Gasteiger partial charge >= 0.3 is 0 Å². The highest BCUT2D eigenvalue weighted by Crippen LogP contribution is 2.27. The number of amides is 2. The van der Waals surface area contributed by atoms with E-state index in [0.717, 1.165) is 11.3 Å². The molecule has 2 rings (SSSR count). The number of methoxy groups -OCH3 is 2. The second-order valence-electron chi connectivity index (χ2n) is 5.29. The average Bonchev–Trinajstić information content (AvgIpc) is 3.20. The van der Waals surface area contributed by atoms with Crippen LogP contribution in [0.3, 0.4) is 0 Å². The summed E-state index contributed by atoms with van der Waals surface area (Å²) in [7, 11) is -0.902. The van der Waals surface area contributed by atoms with Gasteiger partial charge in [-0.05, 0) is 36.6 Å². The van der Waals surface area contributed by atoms with Gasteiger partial charge in [0.25, 0.3) is 21.8 Å². The molecule has 0 bridgehead atoms. The number of nitrogens with one attached hydrogen (secondary N) is 3. The van der Waals surface area contributed by atoms with Crippen LogP contribution >= 0.6 is 11.3 Å². The van der Waals surface area contributed by atoms with Crippen molar-refractivity contribution in [2.75, 3.05) is 14.2 Å². The van der Waals surface area contributed by atoms with Crippen molar-refractivity contribution in [3.05, 3.63) is 41.3 Å². The summed E-state index contributed by atoms with van der Waals surface area (Å²) in [6, 6.07) is 6.41. The van der Waals surface area contributed by atoms with Crippen molar-refractivity contribution >= 4 is 33.2 Å². The number of ether oxygens (including phenoxy) is 2. The quantitative estimate of drug-likeness (QED) is 0.580. The van der Waals surface area contributed by atoms with Crippen LogP contribution in [0.1, 0.15) is 17.3 Å². The van der Waals surface area contributed by atoms with E-state index in [0.29, 0.717) is 11.5 Å². The van der Waals surface area contributed by atoms with Crippen molar-refractivity contribution in [3.63, 3.8) is 0 Å². The summed E-state index contributed by atoms with van der Waals surface area (Å²) >= 11 is 1.03. The van der Waals surface area contributed by atoms with E-state index in [1.165, 1.54) is 39.3 Å². The molecule has 1 aromatic heterocycles. The fourth-order valence-electron chi connectivity index (χ4n) is 2.04. The zero-order chi connectivity index (χ0) is 20.0. The van der Waals surface area contributed by atoms with Crippen LogP contribution in [0, 0.1) is 0 Å². The van der Waals surface area contributed by atoms with Crippen molar-refractivity contribution < 1.29 is 27.5 Å². The molecule has 1 atom stereocenters. The Morgan fingerprint density at radius 1 is 1.07 bits per heavy atom. The van der Waals surface area contributed by atoms with Gasteiger partial charge in [-0.3, -0.25) is 20.4 Å². The number of hydrazine groups is 1. The highest BCUT2D eigenvalue weighted by atomic mass is 32.2. The van der Waals surface area contributed by atoms with E-state index >= 15 is 0 Å². The molecule has 0 fully saturated rings. The molecule has 146 valence electrons. The summed E-state index contributed by atoms with van der Waals surface area (Å²) in [6.07, 6.45) is 0. The zero-order valence-electron chi connectivity index (χ0n) is 14.8.